The minimum Gasteiger partial charge on any atom is -0.383 e. The van der Waals surface area contributed by atoms with Crippen molar-refractivity contribution in [2.24, 2.45) is 0 Å². The van der Waals surface area contributed by atoms with E-state index in [1.165, 1.54) is 0 Å². The topological polar surface area (TPSA) is 50.3 Å². The van der Waals surface area contributed by atoms with Gasteiger partial charge in [-0.2, -0.15) is 0 Å². The molecule has 0 bridgehead atoms. The van der Waals surface area contributed by atoms with E-state index in [4.69, 9.17) is 4.74 Å². The summed E-state index contributed by atoms with van der Waals surface area (Å²) in [6.45, 7) is 7.63. The summed E-state index contributed by atoms with van der Waals surface area (Å²) in [4.78, 5) is 10.7. The van der Waals surface area contributed by atoms with Gasteiger partial charge in [0.15, 0.2) is 0 Å². The van der Waals surface area contributed by atoms with Crippen molar-refractivity contribution in [2.45, 2.75) is 20.3 Å². The lowest BCUT2D eigenvalue weighted by Crippen LogP contribution is -2.27. The second-order valence-electron chi connectivity index (χ2n) is 3.76. The maximum Gasteiger partial charge on any atom is 0.134 e. The molecule has 0 aromatic carbocycles. The van der Waals surface area contributed by atoms with Crippen LogP contribution in [0.1, 0.15) is 20.3 Å². The molecule has 0 saturated carbocycles. The molecule has 1 aromatic rings. The largest absolute Gasteiger partial charge is 0.383 e. The summed E-state index contributed by atoms with van der Waals surface area (Å²) in [7, 11) is 1.71. The van der Waals surface area contributed by atoms with Gasteiger partial charge in [-0.05, 0) is 13.3 Å². The second kappa shape index (κ2) is 7.84. The quantitative estimate of drug-likeness (QED) is 0.748. The zero-order chi connectivity index (χ0) is 12.5. The van der Waals surface area contributed by atoms with Crippen molar-refractivity contribution in [1.29, 1.82) is 0 Å². The highest BCUT2D eigenvalue weighted by Crippen LogP contribution is 2.13. The van der Waals surface area contributed by atoms with E-state index < -0.39 is 0 Å². The van der Waals surface area contributed by atoms with Crippen molar-refractivity contribution in [3.05, 3.63) is 12.4 Å². The summed E-state index contributed by atoms with van der Waals surface area (Å²) in [5, 5.41) is 3.26. The smallest absolute Gasteiger partial charge is 0.134 e. The molecule has 0 aliphatic heterocycles. The lowest BCUT2D eigenvalue weighted by atomic mass is 10.4. The Morgan fingerprint density at radius 1 is 1.35 bits per heavy atom. The summed E-state index contributed by atoms with van der Waals surface area (Å²) in [6.07, 6.45) is 2.68. The molecule has 1 heterocycles. The van der Waals surface area contributed by atoms with E-state index in [-0.39, 0.29) is 0 Å². The van der Waals surface area contributed by atoms with Crippen LogP contribution in [0.25, 0.3) is 0 Å². The van der Waals surface area contributed by atoms with Gasteiger partial charge in [0, 0.05) is 32.8 Å². The first-order valence-electron chi connectivity index (χ1n) is 6.11. The van der Waals surface area contributed by atoms with Crippen LogP contribution in [0, 0.1) is 0 Å². The van der Waals surface area contributed by atoms with Gasteiger partial charge in [-0.15, -0.1) is 0 Å². The molecule has 0 aliphatic carbocycles. The highest BCUT2D eigenvalue weighted by atomic mass is 16.5. The van der Waals surface area contributed by atoms with Crippen molar-refractivity contribution < 1.29 is 4.74 Å². The first-order valence-corrected chi connectivity index (χ1v) is 6.11. The monoisotopic (exact) mass is 238 g/mol. The summed E-state index contributed by atoms with van der Waals surface area (Å²) in [6, 6.07) is 1.98. The summed E-state index contributed by atoms with van der Waals surface area (Å²) >= 11 is 0. The number of methoxy groups -OCH3 is 1. The third-order valence-electron chi connectivity index (χ3n) is 2.48. The minimum absolute atomic E-state index is 0.704. The molecular formula is C12H22N4O. The number of likely N-dealkylation sites (N-methyl/N-ethyl adjacent to an activating group) is 1. The first kappa shape index (κ1) is 13.7. The van der Waals surface area contributed by atoms with Gasteiger partial charge in [0.25, 0.3) is 0 Å². The van der Waals surface area contributed by atoms with Crippen molar-refractivity contribution in [3.63, 3.8) is 0 Å². The third-order valence-corrected chi connectivity index (χ3v) is 2.48. The van der Waals surface area contributed by atoms with E-state index >= 15 is 0 Å². The van der Waals surface area contributed by atoms with Crippen LogP contribution in [0.4, 0.5) is 11.6 Å². The number of nitrogens with one attached hydrogen (secondary N) is 1. The van der Waals surface area contributed by atoms with E-state index in [1.54, 1.807) is 13.4 Å². The van der Waals surface area contributed by atoms with Gasteiger partial charge < -0.3 is 15.0 Å². The molecule has 0 aliphatic rings. The molecule has 17 heavy (non-hydrogen) atoms. The number of rotatable bonds is 8. The Hall–Kier alpha value is -1.36. The van der Waals surface area contributed by atoms with E-state index in [1.807, 2.05) is 6.07 Å². The third kappa shape index (κ3) is 4.56. The maximum absolute atomic E-state index is 5.09. The highest BCUT2D eigenvalue weighted by molar-refractivity contribution is 5.48. The van der Waals surface area contributed by atoms with Crippen molar-refractivity contribution in [1.82, 2.24) is 9.97 Å². The fourth-order valence-corrected chi connectivity index (χ4v) is 1.51. The van der Waals surface area contributed by atoms with Crippen LogP contribution in [-0.4, -0.2) is 43.3 Å². The molecule has 0 spiro atoms. The lowest BCUT2D eigenvalue weighted by molar-refractivity contribution is 0.205. The van der Waals surface area contributed by atoms with Gasteiger partial charge in [0.2, 0.25) is 0 Å². The fourth-order valence-electron chi connectivity index (χ4n) is 1.51. The van der Waals surface area contributed by atoms with E-state index in [0.717, 1.165) is 37.7 Å². The Bertz CT molecular complexity index is 319. The number of anilines is 2. The highest BCUT2D eigenvalue weighted by Gasteiger charge is 2.06. The van der Waals surface area contributed by atoms with Gasteiger partial charge >= 0.3 is 0 Å². The molecule has 1 rings (SSSR count). The molecule has 0 fully saturated rings. The van der Waals surface area contributed by atoms with Crippen molar-refractivity contribution in [2.75, 3.05) is 43.6 Å². The molecule has 0 amide bonds. The predicted molar refractivity (Wildman–Crippen MR) is 70.6 cm³/mol. The van der Waals surface area contributed by atoms with Gasteiger partial charge in [-0.1, -0.05) is 6.92 Å². The molecule has 0 radical (unpaired) electrons. The minimum atomic E-state index is 0.704. The molecule has 1 aromatic heterocycles. The molecule has 0 atom stereocenters. The summed E-state index contributed by atoms with van der Waals surface area (Å²) in [5.74, 6) is 1.82. The maximum atomic E-state index is 5.09. The molecule has 5 nitrogen and oxygen atoms in total. The average molecular weight is 238 g/mol. The Morgan fingerprint density at radius 3 is 2.82 bits per heavy atom. The molecule has 5 heteroatoms. The van der Waals surface area contributed by atoms with Gasteiger partial charge in [0.05, 0.1) is 6.61 Å². The van der Waals surface area contributed by atoms with E-state index in [2.05, 4.69) is 34.0 Å². The Labute approximate surface area is 103 Å². The van der Waals surface area contributed by atoms with Crippen LogP contribution in [0.2, 0.25) is 0 Å². The van der Waals surface area contributed by atoms with E-state index in [0.29, 0.717) is 6.61 Å². The van der Waals surface area contributed by atoms with Gasteiger partial charge in [-0.25, -0.2) is 9.97 Å². The Balaban J connectivity index is 2.66. The van der Waals surface area contributed by atoms with Crippen LogP contribution in [0.5, 0.6) is 0 Å². The van der Waals surface area contributed by atoms with Gasteiger partial charge in [-0.3, -0.25) is 0 Å². The number of hydrogen-bond donors (Lipinski definition) is 1. The SMILES string of the molecule is CCCNc1cc(N(CC)CCOC)ncn1. The lowest BCUT2D eigenvalue weighted by Gasteiger charge is -2.21. The van der Waals surface area contributed by atoms with Crippen molar-refractivity contribution in [3.8, 4) is 0 Å². The normalized spacial score (nSPS) is 10.3. The zero-order valence-electron chi connectivity index (χ0n) is 10.9. The fraction of sp³-hybridized carbons (Fsp3) is 0.667. The Kier molecular flexibility index (Phi) is 6.32. The average Bonchev–Trinajstić information content (AvgIpc) is 2.38. The summed E-state index contributed by atoms with van der Waals surface area (Å²) < 4.78 is 5.09. The van der Waals surface area contributed by atoms with Crippen LogP contribution in [0.15, 0.2) is 12.4 Å². The zero-order valence-corrected chi connectivity index (χ0v) is 10.9. The summed E-state index contributed by atoms with van der Waals surface area (Å²) in [5.41, 5.74) is 0. The van der Waals surface area contributed by atoms with Crippen LogP contribution in [-0.2, 0) is 4.74 Å². The molecule has 1 N–H and O–H groups in total. The van der Waals surface area contributed by atoms with Crippen LogP contribution in [0.3, 0.4) is 0 Å². The molecule has 96 valence electrons. The Morgan fingerprint density at radius 2 is 2.18 bits per heavy atom. The number of ether oxygens (including phenoxy) is 1. The first-order chi connectivity index (χ1) is 8.31. The number of hydrogen-bond acceptors (Lipinski definition) is 5. The van der Waals surface area contributed by atoms with Gasteiger partial charge in [0.1, 0.15) is 18.0 Å². The second-order valence-corrected chi connectivity index (χ2v) is 3.76. The molecular weight excluding hydrogens is 216 g/mol. The number of aromatic nitrogens is 2. The molecule has 0 saturated heterocycles. The predicted octanol–water partition coefficient (Wildman–Crippen LogP) is 1.77. The van der Waals surface area contributed by atoms with Crippen LogP contribution < -0.4 is 10.2 Å². The number of nitrogens with zero attached hydrogens (tertiary/aromatic N) is 3. The molecule has 0 unspecified atom stereocenters. The van der Waals surface area contributed by atoms with Crippen molar-refractivity contribution >= 4 is 11.6 Å². The standard InChI is InChI=1S/C12H22N4O/c1-4-6-13-11-9-12(15-10-14-11)16(5-2)7-8-17-3/h9-10H,4-8H2,1-3H3,(H,13,14,15). The van der Waals surface area contributed by atoms with E-state index in [9.17, 15) is 0 Å². The van der Waals surface area contributed by atoms with Crippen LogP contribution >= 0.6 is 0 Å².